The predicted molar refractivity (Wildman–Crippen MR) is 102 cm³/mol. The maximum Gasteiger partial charge on any atom is 0.174 e. The average Bonchev–Trinajstić information content (AvgIpc) is 2.59. The molecule has 0 radical (unpaired) electrons. The van der Waals surface area contributed by atoms with Gasteiger partial charge in [0.1, 0.15) is 34.7 Å². The number of phenols is 2. The Morgan fingerprint density at radius 3 is 2.48 bits per heavy atom. The number of carbonyl (C=O) groups is 1. The van der Waals surface area contributed by atoms with Gasteiger partial charge in [-0.25, -0.2) is 0 Å². The molecule has 0 amide bonds. The van der Waals surface area contributed by atoms with Crippen molar-refractivity contribution in [3.63, 3.8) is 0 Å². The van der Waals surface area contributed by atoms with E-state index >= 15 is 0 Å². The summed E-state index contributed by atoms with van der Waals surface area (Å²) in [4.78, 5) is 12.7. The molecule has 27 heavy (non-hydrogen) atoms. The highest BCUT2D eigenvalue weighted by Crippen LogP contribution is 2.46. The Morgan fingerprint density at radius 2 is 1.89 bits per heavy atom. The third kappa shape index (κ3) is 4.01. The first-order valence-electron chi connectivity index (χ1n) is 8.90. The molecule has 3 rings (SSSR count). The number of hydrogen-bond donors (Lipinski definition) is 3. The minimum Gasteiger partial charge on any atom is -0.507 e. The van der Waals surface area contributed by atoms with Crippen molar-refractivity contribution in [2.75, 3.05) is 7.11 Å². The van der Waals surface area contributed by atoms with E-state index in [1.807, 2.05) is 26.0 Å². The summed E-state index contributed by atoms with van der Waals surface area (Å²) >= 11 is 0. The van der Waals surface area contributed by atoms with Crippen LogP contribution in [0.25, 0.3) is 0 Å². The van der Waals surface area contributed by atoms with Gasteiger partial charge in [0, 0.05) is 17.2 Å². The Bertz CT molecular complexity index is 852. The fourth-order valence-electron chi connectivity index (χ4n) is 3.22. The number of Topliss-reactive ketones (excluding diaryl/α,β-unsaturated/α-hetero) is 1. The largest absolute Gasteiger partial charge is 0.507 e. The lowest BCUT2D eigenvalue weighted by molar-refractivity contribution is 0.0842. The summed E-state index contributed by atoms with van der Waals surface area (Å²) in [5.74, 6) is 0.370. The van der Waals surface area contributed by atoms with E-state index in [1.165, 1.54) is 6.07 Å². The smallest absolute Gasteiger partial charge is 0.174 e. The number of ether oxygens (including phenoxy) is 2. The standard InChI is InChI=1S/C21H25NO5/c1-21(2,22)9-8-14-15(23)10-16(24)19-17(25)11-18(27-20(14)19)12-4-6-13(26-3)7-5-12/h4-7,10,18,23-24H,8-9,11,22H2,1-3H3. The van der Waals surface area contributed by atoms with E-state index in [2.05, 4.69) is 0 Å². The van der Waals surface area contributed by atoms with Crippen molar-refractivity contribution in [2.24, 2.45) is 5.73 Å². The van der Waals surface area contributed by atoms with Gasteiger partial charge in [-0.15, -0.1) is 0 Å². The van der Waals surface area contributed by atoms with Crippen LogP contribution in [0.2, 0.25) is 0 Å². The van der Waals surface area contributed by atoms with Crippen LogP contribution >= 0.6 is 0 Å². The summed E-state index contributed by atoms with van der Waals surface area (Å²) in [5, 5.41) is 20.5. The third-order valence-electron chi connectivity index (χ3n) is 4.76. The van der Waals surface area contributed by atoms with Crippen LogP contribution in [0.3, 0.4) is 0 Å². The number of carbonyl (C=O) groups excluding carboxylic acids is 1. The van der Waals surface area contributed by atoms with Crippen LogP contribution in [0.15, 0.2) is 30.3 Å². The minimum absolute atomic E-state index is 0.0984. The van der Waals surface area contributed by atoms with Gasteiger partial charge in [0.25, 0.3) is 0 Å². The van der Waals surface area contributed by atoms with E-state index < -0.39 is 11.6 Å². The van der Waals surface area contributed by atoms with E-state index in [-0.39, 0.29) is 35.0 Å². The van der Waals surface area contributed by atoms with Crippen molar-refractivity contribution in [3.05, 3.63) is 47.0 Å². The zero-order chi connectivity index (χ0) is 19.8. The van der Waals surface area contributed by atoms with Crippen molar-refractivity contribution in [2.45, 2.75) is 44.8 Å². The second-order valence-corrected chi connectivity index (χ2v) is 7.59. The minimum atomic E-state index is -0.498. The molecule has 0 aliphatic carbocycles. The van der Waals surface area contributed by atoms with Gasteiger partial charge < -0.3 is 25.4 Å². The SMILES string of the molecule is COc1ccc(C2CC(=O)c3c(O)cc(O)c(CCC(C)(C)N)c3O2)cc1. The molecule has 1 aliphatic rings. The fraction of sp³-hybridized carbons (Fsp3) is 0.381. The summed E-state index contributed by atoms with van der Waals surface area (Å²) in [6, 6.07) is 8.49. The van der Waals surface area contributed by atoms with E-state index in [0.29, 0.717) is 24.2 Å². The van der Waals surface area contributed by atoms with Crippen molar-refractivity contribution in [1.29, 1.82) is 0 Å². The second kappa shape index (κ2) is 7.12. The number of benzene rings is 2. The Hall–Kier alpha value is -2.73. The Labute approximate surface area is 158 Å². The number of nitrogens with two attached hydrogens (primary N) is 1. The molecule has 0 fully saturated rings. The number of aromatic hydroxyl groups is 2. The third-order valence-corrected chi connectivity index (χ3v) is 4.76. The monoisotopic (exact) mass is 371 g/mol. The second-order valence-electron chi connectivity index (χ2n) is 7.59. The summed E-state index contributed by atoms with van der Waals surface area (Å²) in [7, 11) is 1.59. The number of rotatable bonds is 5. The molecular formula is C21H25NO5. The first-order chi connectivity index (χ1) is 12.7. The average molecular weight is 371 g/mol. The maximum atomic E-state index is 12.7. The molecule has 0 spiro atoms. The first kappa shape index (κ1) is 19.0. The van der Waals surface area contributed by atoms with Gasteiger partial charge in [0.2, 0.25) is 0 Å². The van der Waals surface area contributed by atoms with Crippen molar-refractivity contribution in [1.82, 2.24) is 0 Å². The number of phenolic OH excluding ortho intramolecular Hbond substituents is 2. The Balaban J connectivity index is 1.99. The van der Waals surface area contributed by atoms with E-state index in [1.54, 1.807) is 19.2 Å². The van der Waals surface area contributed by atoms with Crippen LogP contribution in [-0.4, -0.2) is 28.6 Å². The fourth-order valence-corrected chi connectivity index (χ4v) is 3.22. The predicted octanol–water partition coefficient (Wildman–Crippen LogP) is 3.48. The first-order valence-corrected chi connectivity index (χ1v) is 8.90. The van der Waals surface area contributed by atoms with Gasteiger partial charge >= 0.3 is 0 Å². The molecule has 1 unspecified atom stereocenters. The molecule has 6 nitrogen and oxygen atoms in total. The van der Waals surface area contributed by atoms with Crippen LogP contribution in [-0.2, 0) is 6.42 Å². The van der Waals surface area contributed by atoms with E-state index in [0.717, 1.165) is 5.56 Å². The zero-order valence-corrected chi connectivity index (χ0v) is 15.8. The molecule has 1 atom stereocenters. The molecule has 1 heterocycles. The Kier molecular flexibility index (Phi) is 5.02. The van der Waals surface area contributed by atoms with Crippen LogP contribution in [0.1, 0.15) is 54.3 Å². The number of fused-ring (bicyclic) bond motifs is 1. The lowest BCUT2D eigenvalue weighted by atomic mass is 9.90. The van der Waals surface area contributed by atoms with Crippen LogP contribution in [0, 0.1) is 0 Å². The molecule has 2 aromatic rings. The molecule has 6 heteroatoms. The topological polar surface area (TPSA) is 102 Å². The lowest BCUT2D eigenvalue weighted by Gasteiger charge is -2.29. The van der Waals surface area contributed by atoms with Crippen molar-refractivity contribution in [3.8, 4) is 23.0 Å². The Morgan fingerprint density at radius 1 is 1.22 bits per heavy atom. The van der Waals surface area contributed by atoms with Crippen molar-refractivity contribution < 1.29 is 24.5 Å². The number of methoxy groups -OCH3 is 1. The van der Waals surface area contributed by atoms with Crippen LogP contribution < -0.4 is 15.2 Å². The molecule has 0 saturated heterocycles. The highest BCUT2D eigenvalue weighted by Gasteiger charge is 2.33. The molecular weight excluding hydrogens is 346 g/mol. The van der Waals surface area contributed by atoms with Gasteiger partial charge in [-0.3, -0.25) is 4.79 Å². The van der Waals surface area contributed by atoms with Gasteiger partial charge in [-0.1, -0.05) is 12.1 Å². The zero-order valence-electron chi connectivity index (χ0n) is 15.8. The lowest BCUT2D eigenvalue weighted by Crippen LogP contribution is -2.32. The quantitative estimate of drug-likeness (QED) is 0.744. The van der Waals surface area contributed by atoms with Gasteiger partial charge in [-0.05, 0) is 44.4 Å². The summed E-state index contributed by atoms with van der Waals surface area (Å²) in [6.45, 7) is 3.78. The van der Waals surface area contributed by atoms with Gasteiger partial charge in [-0.2, -0.15) is 0 Å². The molecule has 144 valence electrons. The van der Waals surface area contributed by atoms with Gasteiger partial charge in [0.05, 0.1) is 13.5 Å². The van der Waals surface area contributed by atoms with E-state index in [9.17, 15) is 15.0 Å². The summed E-state index contributed by atoms with van der Waals surface area (Å²) < 4.78 is 11.3. The highest BCUT2D eigenvalue weighted by atomic mass is 16.5. The van der Waals surface area contributed by atoms with Gasteiger partial charge in [0.15, 0.2) is 5.78 Å². The number of ketones is 1. The molecule has 0 aromatic heterocycles. The summed E-state index contributed by atoms with van der Waals surface area (Å²) in [5.41, 5.74) is 7.07. The molecule has 1 aliphatic heterocycles. The normalized spacial score (nSPS) is 16.6. The molecule has 0 bridgehead atoms. The molecule has 0 saturated carbocycles. The van der Waals surface area contributed by atoms with E-state index in [4.69, 9.17) is 15.2 Å². The molecule has 2 aromatic carbocycles. The highest BCUT2D eigenvalue weighted by molar-refractivity contribution is 6.03. The number of hydrogen-bond acceptors (Lipinski definition) is 6. The maximum absolute atomic E-state index is 12.7. The summed E-state index contributed by atoms with van der Waals surface area (Å²) in [6.07, 6.45) is 0.629. The molecule has 4 N–H and O–H groups in total. The van der Waals surface area contributed by atoms with Crippen LogP contribution in [0.4, 0.5) is 0 Å². The van der Waals surface area contributed by atoms with Crippen molar-refractivity contribution >= 4 is 5.78 Å². The van der Waals surface area contributed by atoms with Crippen LogP contribution in [0.5, 0.6) is 23.0 Å².